The second kappa shape index (κ2) is 10.6. The lowest BCUT2D eigenvalue weighted by atomic mass is 9.80. The summed E-state index contributed by atoms with van der Waals surface area (Å²) in [7, 11) is 0. The van der Waals surface area contributed by atoms with Crippen LogP contribution in [0.4, 0.5) is 0 Å². The molecule has 0 unspecified atom stereocenters. The maximum absolute atomic E-state index is 5.37. The third-order valence-corrected chi connectivity index (χ3v) is 12.1. The van der Waals surface area contributed by atoms with Gasteiger partial charge in [-0.3, -0.25) is 0 Å². The third-order valence-electron chi connectivity index (χ3n) is 12.1. The van der Waals surface area contributed by atoms with Crippen LogP contribution in [0.2, 0.25) is 0 Å². The van der Waals surface area contributed by atoms with Crippen molar-refractivity contribution in [2.75, 3.05) is 0 Å². The lowest BCUT2D eigenvalue weighted by Crippen LogP contribution is -2.15. The van der Waals surface area contributed by atoms with E-state index in [-0.39, 0.29) is 5.41 Å². The lowest BCUT2D eigenvalue weighted by Gasteiger charge is -2.22. The smallest absolute Gasteiger partial charge is 0.160 e. The van der Waals surface area contributed by atoms with Gasteiger partial charge in [-0.1, -0.05) is 135 Å². The van der Waals surface area contributed by atoms with Gasteiger partial charge in [0.2, 0.25) is 0 Å². The molecule has 10 aromatic rings. The van der Waals surface area contributed by atoms with Crippen molar-refractivity contribution in [2.24, 2.45) is 0 Å². The fraction of sp³-hybridized carbons (Fsp3) is 0.0588. The van der Waals surface area contributed by atoms with Crippen LogP contribution in [0.25, 0.3) is 105 Å². The maximum atomic E-state index is 5.37. The van der Waals surface area contributed by atoms with E-state index in [1.165, 1.54) is 77.1 Å². The first-order valence-corrected chi connectivity index (χ1v) is 18.8. The number of aromatic nitrogens is 3. The monoisotopic (exact) mass is 687 g/mol. The third kappa shape index (κ3) is 3.85. The Morgan fingerprint density at radius 1 is 0.426 bits per heavy atom. The summed E-state index contributed by atoms with van der Waals surface area (Å²) in [6, 6.07) is 59.5. The predicted octanol–water partition coefficient (Wildman–Crippen LogP) is 13.2. The SMILES string of the molecule is CC1(C)c2ccccc2-c2ccc3c(c21)c1ccccc1n3-c1ccc(-c2nc(-c3ccc4c5c(cccc35)-c3ccccc3-4)c3ccccc3n2)cc1. The summed E-state index contributed by atoms with van der Waals surface area (Å²) in [5.41, 5.74) is 18.1. The summed E-state index contributed by atoms with van der Waals surface area (Å²) in [6.07, 6.45) is 0. The zero-order chi connectivity index (χ0) is 35.7. The molecular weight excluding hydrogens is 655 g/mol. The molecule has 0 fully saturated rings. The summed E-state index contributed by atoms with van der Waals surface area (Å²) >= 11 is 0. The van der Waals surface area contributed by atoms with Crippen LogP contribution in [-0.4, -0.2) is 14.5 Å². The van der Waals surface area contributed by atoms with Gasteiger partial charge in [0.25, 0.3) is 0 Å². The standard InChI is InChI=1S/C51H33N3/c1-51(2)42-19-8-5-14-34(42)38-28-29-45-47(48(38)51)41-16-7-10-21-44(41)54(45)31-24-22-30(23-25-31)50-52-43-20-9-6-15-40(43)49(53-50)39-27-26-37-33-13-4-3-12-32(33)35-17-11-18-36(39)46(35)37/h3-29H,1-2H3. The van der Waals surface area contributed by atoms with Crippen LogP contribution in [-0.2, 0) is 5.41 Å². The Hall–Kier alpha value is -6.84. The summed E-state index contributed by atoms with van der Waals surface area (Å²) in [5, 5.41) is 6.19. The number of para-hydroxylation sites is 2. The molecule has 252 valence electrons. The fourth-order valence-corrected chi connectivity index (χ4v) is 9.80. The predicted molar refractivity (Wildman–Crippen MR) is 224 cm³/mol. The number of hydrogen-bond acceptors (Lipinski definition) is 2. The molecular formula is C51H33N3. The number of rotatable bonds is 3. The van der Waals surface area contributed by atoms with E-state index in [4.69, 9.17) is 9.97 Å². The molecule has 2 aliphatic carbocycles. The Labute approximate surface area is 312 Å². The average Bonchev–Trinajstić information content (AvgIpc) is 3.82. The number of nitrogens with zero attached hydrogens (tertiary/aromatic N) is 3. The van der Waals surface area contributed by atoms with Crippen LogP contribution in [0.15, 0.2) is 164 Å². The molecule has 0 amide bonds. The van der Waals surface area contributed by atoms with Gasteiger partial charge in [-0.05, 0) is 97.7 Å². The highest BCUT2D eigenvalue weighted by Crippen LogP contribution is 2.53. The molecule has 2 heterocycles. The summed E-state index contributed by atoms with van der Waals surface area (Å²) < 4.78 is 2.42. The zero-order valence-corrected chi connectivity index (χ0v) is 29.9. The van der Waals surface area contributed by atoms with Gasteiger partial charge in [0.1, 0.15) is 0 Å². The van der Waals surface area contributed by atoms with Gasteiger partial charge in [-0.2, -0.15) is 0 Å². The number of fused-ring (bicyclic) bond motifs is 11. The number of benzene rings is 8. The van der Waals surface area contributed by atoms with Crippen LogP contribution in [0, 0.1) is 0 Å². The fourth-order valence-electron chi connectivity index (χ4n) is 9.80. The van der Waals surface area contributed by atoms with Gasteiger partial charge in [-0.25, -0.2) is 9.97 Å². The van der Waals surface area contributed by atoms with Gasteiger partial charge in [0, 0.05) is 38.4 Å². The minimum Gasteiger partial charge on any atom is -0.309 e. The molecule has 0 N–H and O–H groups in total. The van der Waals surface area contributed by atoms with Gasteiger partial charge in [0.05, 0.1) is 22.2 Å². The quantitative estimate of drug-likeness (QED) is 0.185. The molecule has 0 spiro atoms. The topological polar surface area (TPSA) is 30.7 Å². The Morgan fingerprint density at radius 2 is 1.06 bits per heavy atom. The molecule has 3 heteroatoms. The second-order valence-electron chi connectivity index (χ2n) is 15.3. The summed E-state index contributed by atoms with van der Waals surface area (Å²) in [4.78, 5) is 10.5. The summed E-state index contributed by atoms with van der Waals surface area (Å²) in [6.45, 7) is 4.75. The average molecular weight is 688 g/mol. The van der Waals surface area contributed by atoms with E-state index in [0.29, 0.717) is 0 Å². The van der Waals surface area contributed by atoms with Crippen LogP contribution in [0.1, 0.15) is 25.0 Å². The molecule has 0 aliphatic heterocycles. The van der Waals surface area contributed by atoms with Crippen molar-refractivity contribution in [3.8, 4) is 61.7 Å². The summed E-state index contributed by atoms with van der Waals surface area (Å²) in [5.74, 6) is 0.723. The van der Waals surface area contributed by atoms with Crippen molar-refractivity contribution >= 4 is 43.5 Å². The molecule has 2 aromatic heterocycles. The van der Waals surface area contributed by atoms with Gasteiger partial charge in [0.15, 0.2) is 5.82 Å². The normalized spacial score (nSPS) is 13.5. The first-order chi connectivity index (χ1) is 26.6. The minimum absolute atomic E-state index is 0.107. The van der Waals surface area contributed by atoms with Crippen molar-refractivity contribution in [3.63, 3.8) is 0 Å². The highest BCUT2D eigenvalue weighted by atomic mass is 15.0. The van der Waals surface area contributed by atoms with E-state index in [0.717, 1.165) is 39.2 Å². The molecule has 0 radical (unpaired) electrons. The van der Waals surface area contributed by atoms with Gasteiger partial charge < -0.3 is 4.57 Å². The van der Waals surface area contributed by atoms with Crippen LogP contribution in [0.3, 0.4) is 0 Å². The van der Waals surface area contributed by atoms with E-state index in [1.807, 2.05) is 0 Å². The highest BCUT2D eigenvalue weighted by Gasteiger charge is 2.38. The molecule has 0 saturated heterocycles. The van der Waals surface area contributed by atoms with Crippen LogP contribution < -0.4 is 0 Å². The lowest BCUT2D eigenvalue weighted by molar-refractivity contribution is 0.666. The van der Waals surface area contributed by atoms with Crippen molar-refractivity contribution in [1.82, 2.24) is 14.5 Å². The van der Waals surface area contributed by atoms with E-state index in [1.54, 1.807) is 0 Å². The molecule has 0 bridgehead atoms. The Morgan fingerprint density at radius 3 is 1.89 bits per heavy atom. The molecule has 54 heavy (non-hydrogen) atoms. The Bertz CT molecular complexity index is 3210. The molecule has 2 aliphatic rings. The first kappa shape index (κ1) is 29.7. The van der Waals surface area contributed by atoms with Crippen molar-refractivity contribution in [2.45, 2.75) is 19.3 Å². The minimum atomic E-state index is -0.107. The number of hydrogen-bond donors (Lipinski definition) is 0. The molecule has 0 saturated carbocycles. The van der Waals surface area contributed by atoms with E-state index in [2.05, 4.69) is 182 Å². The first-order valence-electron chi connectivity index (χ1n) is 18.8. The van der Waals surface area contributed by atoms with Gasteiger partial charge >= 0.3 is 0 Å². The molecule has 8 aromatic carbocycles. The van der Waals surface area contributed by atoms with Gasteiger partial charge in [-0.15, -0.1) is 0 Å². The zero-order valence-electron chi connectivity index (χ0n) is 29.9. The van der Waals surface area contributed by atoms with Crippen LogP contribution in [0.5, 0.6) is 0 Å². The second-order valence-corrected chi connectivity index (χ2v) is 15.3. The molecule has 3 nitrogen and oxygen atoms in total. The Kier molecular flexibility index (Phi) is 5.84. The Balaban J connectivity index is 1.02. The van der Waals surface area contributed by atoms with Crippen molar-refractivity contribution in [1.29, 1.82) is 0 Å². The van der Waals surface area contributed by atoms with E-state index in [9.17, 15) is 0 Å². The molecule has 0 atom stereocenters. The van der Waals surface area contributed by atoms with Crippen molar-refractivity contribution in [3.05, 3.63) is 175 Å². The highest BCUT2D eigenvalue weighted by molar-refractivity contribution is 6.19. The van der Waals surface area contributed by atoms with Crippen molar-refractivity contribution < 1.29 is 0 Å². The van der Waals surface area contributed by atoms with E-state index >= 15 is 0 Å². The maximum Gasteiger partial charge on any atom is 0.160 e. The van der Waals surface area contributed by atoms with Crippen LogP contribution >= 0.6 is 0 Å². The van der Waals surface area contributed by atoms with E-state index < -0.39 is 0 Å². The molecule has 12 rings (SSSR count). The largest absolute Gasteiger partial charge is 0.309 e.